The Bertz CT molecular complexity index is 624. The minimum atomic E-state index is 0.122. The second kappa shape index (κ2) is 7.11. The summed E-state index contributed by atoms with van der Waals surface area (Å²) in [6, 6.07) is 5.48. The Hall–Kier alpha value is -1.30. The van der Waals surface area contributed by atoms with Gasteiger partial charge in [-0.05, 0) is 30.2 Å². The van der Waals surface area contributed by atoms with Crippen LogP contribution in [-0.4, -0.2) is 17.2 Å². The van der Waals surface area contributed by atoms with E-state index < -0.39 is 0 Å². The van der Waals surface area contributed by atoms with E-state index in [1.54, 1.807) is 19.4 Å². The van der Waals surface area contributed by atoms with E-state index in [9.17, 15) is 5.11 Å². The lowest BCUT2D eigenvalue weighted by molar-refractivity contribution is 0.397. The maximum Gasteiger partial charge on any atom is 0.213 e. The summed E-state index contributed by atoms with van der Waals surface area (Å²) >= 11 is 9.43. The molecule has 0 radical (unpaired) electrons. The van der Waals surface area contributed by atoms with Crippen LogP contribution >= 0.6 is 27.5 Å². The Labute approximate surface area is 137 Å². The van der Waals surface area contributed by atoms with Crippen molar-refractivity contribution in [1.29, 1.82) is 0 Å². The molecule has 0 unspecified atom stereocenters. The van der Waals surface area contributed by atoms with Gasteiger partial charge in [-0.25, -0.2) is 4.98 Å². The van der Waals surface area contributed by atoms with E-state index in [1.807, 2.05) is 19.1 Å². The van der Waals surface area contributed by atoms with E-state index in [2.05, 4.69) is 26.2 Å². The number of benzene rings is 1. The van der Waals surface area contributed by atoms with Gasteiger partial charge in [0, 0.05) is 35.4 Å². The first kappa shape index (κ1) is 16.1. The first-order valence-corrected chi connectivity index (χ1v) is 7.56. The summed E-state index contributed by atoms with van der Waals surface area (Å²) in [5, 5.41) is 13.7. The number of nitrogens with zero attached hydrogens (tertiary/aromatic N) is 1. The highest BCUT2D eigenvalue weighted by Crippen LogP contribution is 2.34. The number of rotatable bonds is 5. The molecule has 4 nitrogen and oxygen atoms in total. The number of hydrogen-bond acceptors (Lipinski definition) is 4. The van der Waals surface area contributed by atoms with E-state index in [0.29, 0.717) is 24.0 Å². The molecule has 1 aromatic carbocycles. The van der Waals surface area contributed by atoms with E-state index in [4.69, 9.17) is 16.3 Å². The average molecular weight is 372 g/mol. The molecule has 21 heavy (non-hydrogen) atoms. The van der Waals surface area contributed by atoms with Crippen molar-refractivity contribution in [2.24, 2.45) is 0 Å². The van der Waals surface area contributed by atoms with Crippen molar-refractivity contribution in [1.82, 2.24) is 10.3 Å². The van der Waals surface area contributed by atoms with Crippen LogP contribution in [0.3, 0.4) is 0 Å². The molecule has 0 atom stereocenters. The van der Waals surface area contributed by atoms with Crippen molar-refractivity contribution < 1.29 is 9.84 Å². The Kier molecular flexibility index (Phi) is 5.45. The van der Waals surface area contributed by atoms with Crippen LogP contribution in [0.4, 0.5) is 0 Å². The van der Waals surface area contributed by atoms with Crippen molar-refractivity contribution in [3.8, 4) is 11.6 Å². The van der Waals surface area contributed by atoms with Gasteiger partial charge in [0.05, 0.1) is 12.1 Å². The molecule has 0 amide bonds. The Balaban J connectivity index is 2.07. The SMILES string of the molecule is COc1cc(CNCc2c(C)c(Br)cc(Cl)c2O)ccn1. The lowest BCUT2D eigenvalue weighted by Crippen LogP contribution is -2.14. The second-order valence-corrected chi connectivity index (χ2v) is 5.86. The van der Waals surface area contributed by atoms with Crippen LogP contribution in [0.1, 0.15) is 16.7 Å². The molecule has 0 aliphatic carbocycles. The number of pyridine rings is 1. The zero-order valence-corrected chi connectivity index (χ0v) is 14.1. The molecular formula is C15H16BrClN2O2. The molecule has 0 bridgehead atoms. The predicted molar refractivity (Wildman–Crippen MR) is 86.9 cm³/mol. The fourth-order valence-corrected chi connectivity index (χ4v) is 2.80. The van der Waals surface area contributed by atoms with E-state index in [0.717, 1.165) is 21.2 Å². The van der Waals surface area contributed by atoms with Crippen molar-refractivity contribution in [3.63, 3.8) is 0 Å². The summed E-state index contributed by atoms with van der Waals surface area (Å²) in [5.74, 6) is 0.705. The fourth-order valence-electron chi connectivity index (χ4n) is 1.97. The summed E-state index contributed by atoms with van der Waals surface area (Å²) in [6.45, 7) is 3.09. The average Bonchev–Trinajstić information content (AvgIpc) is 2.49. The third-order valence-electron chi connectivity index (χ3n) is 3.22. The van der Waals surface area contributed by atoms with Crippen LogP contribution in [0, 0.1) is 6.92 Å². The van der Waals surface area contributed by atoms with Crippen LogP contribution in [0.15, 0.2) is 28.9 Å². The monoisotopic (exact) mass is 370 g/mol. The van der Waals surface area contributed by atoms with Gasteiger partial charge in [0.2, 0.25) is 5.88 Å². The van der Waals surface area contributed by atoms with Gasteiger partial charge >= 0.3 is 0 Å². The Morgan fingerprint density at radius 2 is 2.14 bits per heavy atom. The highest BCUT2D eigenvalue weighted by Gasteiger charge is 2.12. The number of halogens is 2. The fraction of sp³-hybridized carbons (Fsp3) is 0.267. The molecule has 1 aromatic heterocycles. The van der Waals surface area contributed by atoms with Crippen LogP contribution in [0.25, 0.3) is 0 Å². The molecule has 112 valence electrons. The number of nitrogens with one attached hydrogen (secondary N) is 1. The summed E-state index contributed by atoms with van der Waals surface area (Å²) in [6.07, 6.45) is 1.70. The van der Waals surface area contributed by atoms with Crippen molar-refractivity contribution in [2.45, 2.75) is 20.0 Å². The third kappa shape index (κ3) is 3.87. The van der Waals surface area contributed by atoms with Crippen LogP contribution in [-0.2, 0) is 13.1 Å². The quantitative estimate of drug-likeness (QED) is 0.839. The summed E-state index contributed by atoms with van der Waals surface area (Å²) < 4.78 is 5.97. The molecule has 1 heterocycles. The molecule has 0 fully saturated rings. The van der Waals surface area contributed by atoms with Gasteiger partial charge < -0.3 is 15.2 Å². The smallest absolute Gasteiger partial charge is 0.213 e. The molecule has 6 heteroatoms. The number of methoxy groups -OCH3 is 1. The number of phenols is 1. The molecule has 2 rings (SSSR count). The van der Waals surface area contributed by atoms with E-state index >= 15 is 0 Å². The highest BCUT2D eigenvalue weighted by atomic mass is 79.9. The standard InChI is InChI=1S/C15H16BrClN2O2/c1-9-11(15(20)13(17)6-12(9)16)8-18-7-10-3-4-19-14(5-10)21-2/h3-6,18,20H,7-8H2,1-2H3. The molecule has 0 saturated heterocycles. The van der Waals surface area contributed by atoms with Gasteiger partial charge in [-0.3, -0.25) is 0 Å². The van der Waals surface area contributed by atoms with E-state index in [1.165, 1.54) is 0 Å². The van der Waals surface area contributed by atoms with Gasteiger partial charge in [0.25, 0.3) is 0 Å². The predicted octanol–water partition coefficient (Wildman–Crippen LogP) is 3.81. The lowest BCUT2D eigenvalue weighted by atomic mass is 10.1. The highest BCUT2D eigenvalue weighted by molar-refractivity contribution is 9.10. The topological polar surface area (TPSA) is 54.4 Å². The third-order valence-corrected chi connectivity index (χ3v) is 4.33. The van der Waals surface area contributed by atoms with Gasteiger partial charge in [-0.15, -0.1) is 0 Å². The molecule has 0 saturated carbocycles. The maximum absolute atomic E-state index is 10.1. The van der Waals surface area contributed by atoms with Gasteiger partial charge in [-0.2, -0.15) is 0 Å². The molecular weight excluding hydrogens is 356 g/mol. The van der Waals surface area contributed by atoms with Crippen molar-refractivity contribution in [2.75, 3.05) is 7.11 Å². The first-order chi connectivity index (χ1) is 10.0. The lowest BCUT2D eigenvalue weighted by Gasteiger charge is -2.13. The molecule has 2 aromatic rings. The molecule has 0 aliphatic heterocycles. The zero-order valence-electron chi connectivity index (χ0n) is 11.8. The minimum absolute atomic E-state index is 0.122. The summed E-state index contributed by atoms with van der Waals surface area (Å²) in [5.41, 5.74) is 2.81. The Morgan fingerprint density at radius 1 is 1.38 bits per heavy atom. The van der Waals surface area contributed by atoms with Crippen molar-refractivity contribution in [3.05, 3.63) is 50.6 Å². The van der Waals surface area contributed by atoms with E-state index in [-0.39, 0.29) is 5.75 Å². The van der Waals surface area contributed by atoms with Crippen molar-refractivity contribution >= 4 is 27.5 Å². The van der Waals surface area contributed by atoms with Gasteiger partial charge in [0.15, 0.2) is 0 Å². The molecule has 2 N–H and O–H groups in total. The largest absolute Gasteiger partial charge is 0.506 e. The minimum Gasteiger partial charge on any atom is -0.506 e. The molecule has 0 spiro atoms. The number of ether oxygens (including phenoxy) is 1. The number of phenolic OH excluding ortho intramolecular Hbond substituents is 1. The summed E-state index contributed by atoms with van der Waals surface area (Å²) in [4.78, 5) is 4.06. The maximum atomic E-state index is 10.1. The second-order valence-electron chi connectivity index (χ2n) is 4.60. The van der Waals surface area contributed by atoms with Crippen LogP contribution < -0.4 is 10.1 Å². The first-order valence-electron chi connectivity index (χ1n) is 6.39. The summed E-state index contributed by atoms with van der Waals surface area (Å²) in [7, 11) is 1.59. The number of aromatic nitrogens is 1. The zero-order chi connectivity index (χ0) is 15.4. The van der Waals surface area contributed by atoms with Crippen LogP contribution in [0.5, 0.6) is 11.6 Å². The van der Waals surface area contributed by atoms with Gasteiger partial charge in [-0.1, -0.05) is 27.5 Å². The number of hydrogen-bond donors (Lipinski definition) is 2. The Morgan fingerprint density at radius 3 is 2.86 bits per heavy atom. The van der Waals surface area contributed by atoms with Crippen LogP contribution in [0.2, 0.25) is 5.02 Å². The number of aromatic hydroxyl groups is 1. The normalized spacial score (nSPS) is 10.7. The van der Waals surface area contributed by atoms with Gasteiger partial charge in [0.1, 0.15) is 5.75 Å². The molecule has 0 aliphatic rings.